The zero-order valence-electron chi connectivity index (χ0n) is 17.1. The van der Waals surface area contributed by atoms with E-state index in [9.17, 15) is 4.79 Å². The minimum Gasteiger partial charge on any atom is -0.497 e. The van der Waals surface area contributed by atoms with E-state index in [0.717, 1.165) is 44.6 Å². The Balaban J connectivity index is 1.72. The number of hydrogen-bond donors (Lipinski definition) is 1. The summed E-state index contributed by atoms with van der Waals surface area (Å²) >= 11 is 0. The Morgan fingerprint density at radius 2 is 1.80 bits per heavy atom. The normalized spacial score (nSPS) is 14.2. The molecule has 0 aliphatic carbocycles. The number of aryl methyl sites for hydroxylation is 2. The molecular weight excluding hydrogens is 374 g/mol. The van der Waals surface area contributed by atoms with Crippen LogP contribution in [0.2, 0.25) is 0 Å². The third-order valence-electron chi connectivity index (χ3n) is 5.50. The Labute approximate surface area is 174 Å². The Bertz CT molecular complexity index is 1330. The van der Waals surface area contributed by atoms with Crippen molar-refractivity contribution in [3.63, 3.8) is 0 Å². The highest BCUT2D eigenvalue weighted by Crippen LogP contribution is 2.38. The molecule has 1 aliphatic heterocycles. The first kappa shape index (κ1) is 18.3. The van der Waals surface area contributed by atoms with Crippen LogP contribution in [0.1, 0.15) is 27.0 Å². The number of aromatic nitrogens is 1. The van der Waals surface area contributed by atoms with E-state index < -0.39 is 0 Å². The van der Waals surface area contributed by atoms with Crippen molar-refractivity contribution in [2.24, 2.45) is 0 Å². The molecule has 0 radical (unpaired) electrons. The van der Waals surface area contributed by atoms with Gasteiger partial charge in [-0.3, -0.25) is 4.79 Å². The molecule has 0 amide bonds. The molecule has 30 heavy (non-hydrogen) atoms. The number of hydrogen-bond acceptors (Lipinski definition) is 3. The molecule has 0 saturated carbocycles. The van der Waals surface area contributed by atoms with Crippen molar-refractivity contribution in [1.29, 1.82) is 0 Å². The second-order valence-electron chi connectivity index (χ2n) is 7.59. The number of carbonyl (C=O) groups is 1. The van der Waals surface area contributed by atoms with Crippen LogP contribution in [-0.2, 0) is 0 Å². The Kier molecular flexibility index (Phi) is 4.21. The predicted molar refractivity (Wildman–Crippen MR) is 119 cm³/mol. The molecule has 0 unspecified atom stereocenters. The largest absolute Gasteiger partial charge is 0.497 e. The average Bonchev–Trinajstić information content (AvgIpc) is 3.26. The lowest BCUT2D eigenvalue weighted by Crippen LogP contribution is -2.00. The van der Waals surface area contributed by atoms with Crippen LogP contribution in [0, 0.1) is 13.8 Å². The lowest BCUT2D eigenvalue weighted by atomic mass is 10.00. The van der Waals surface area contributed by atoms with Crippen LogP contribution in [0.15, 0.2) is 66.4 Å². The summed E-state index contributed by atoms with van der Waals surface area (Å²) in [5.41, 5.74) is 6.49. The fourth-order valence-electron chi connectivity index (χ4n) is 4.12. The number of benzene rings is 3. The molecule has 2 heterocycles. The second-order valence-corrected chi connectivity index (χ2v) is 7.59. The van der Waals surface area contributed by atoms with Gasteiger partial charge in [0.25, 0.3) is 0 Å². The third-order valence-corrected chi connectivity index (χ3v) is 5.50. The van der Waals surface area contributed by atoms with Crippen LogP contribution >= 0.6 is 0 Å². The summed E-state index contributed by atoms with van der Waals surface area (Å²) in [6, 6.07) is 19.9. The van der Waals surface area contributed by atoms with Gasteiger partial charge in [0.1, 0.15) is 11.5 Å². The minimum absolute atomic E-state index is 0.0845. The van der Waals surface area contributed by atoms with Gasteiger partial charge in [0.15, 0.2) is 5.76 Å². The van der Waals surface area contributed by atoms with Crippen molar-refractivity contribution >= 4 is 22.8 Å². The van der Waals surface area contributed by atoms with Gasteiger partial charge in [-0.05, 0) is 60.9 Å². The summed E-state index contributed by atoms with van der Waals surface area (Å²) < 4.78 is 11.4. The molecule has 3 aromatic carbocycles. The molecule has 0 atom stereocenters. The number of fused-ring (bicyclic) bond motifs is 2. The molecule has 0 saturated heterocycles. The van der Waals surface area contributed by atoms with Gasteiger partial charge >= 0.3 is 0 Å². The van der Waals surface area contributed by atoms with Gasteiger partial charge in [0, 0.05) is 16.5 Å². The average molecular weight is 395 g/mol. The number of ether oxygens (including phenoxy) is 2. The zero-order valence-corrected chi connectivity index (χ0v) is 17.1. The fourth-order valence-corrected chi connectivity index (χ4v) is 4.12. The van der Waals surface area contributed by atoms with E-state index in [1.165, 1.54) is 0 Å². The summed E-state index contributed by atoms with van der Waals surface area (Å²) in [5.74, 6) is 1.63. The highest BCUT2D eigenvalue weighted by Gasteiger charge is 2.30. The van der Waals surface area contributed by atoms with Crippen molar-refractivity contribution in [2.75, 3.05) is 7.11 Å². The molecule has 5 rings (SSSR count). The molecule has 4 nitrogen and oxygen atoms in total. The zero-order chi connectivity index (χ0) is 20.8. The van der Waals surface area contributed by atoms with Gasteiger partial charge in [-0.25, -0.2) is 0 Å². The van der Waals surface area contributed by atoms with Crippen LogP contribution in [0.25, 0.3) is 28.2 Å². The third kappa shape index (κ3) is 2.89. The predicted octanol–water partition coefficient (Wildman–Crippen LogP) is 6.08. The standard InChI is InChI=1S/C26H21NO3/c1-15-11-16(2)24-22(12-15)30-23(26(24)28)14-20-19-13-18(29-3)9-10-21(19)27-25(20)17-7-5-4-6-8-17/h4-14,27H,1-3H3/b23-14-. The van der Waals surface area contributed by atoms with Crippen molar-refractivity contribution in [2.45, 2.75) is 13.8 Å². The Morgan fingerprint density at radius 3 is 2.57 bits per heavy atom. The van der Waals surface area contributed by atoms with Crippen molar-refractivity contribution in [3.8, 4) is 22.8 Å². The molecule has 1 aliphatic rings. The smallest absolute Gasteiger partial charge is 0.232 e. The van der Waals surface area contributed by atoms with Crippen LogP contribution in [0.5, 0.6) is 11.5 Å². The highest BCUT2D eigenvalue weighted by atomic mass is 16.5. The molecule has 1 aromatic heterocycles. The van der Waals surface area contributed by atoms with E-state index in [1.807, 2.05) is 80.6 Å². The van der Waals surface area contributed by atoms with E-state index in [2.05, 4.69) is 4.98 Å². The molecule has 0 spiro atoms. The molecule has 0 bridgehead atoms. The molecular formula is C26H21NO3. The number of ketones is 1. The molecule has 1 N–H and O–H groups in total. The van der Waals surface area contributed by atoms with E-state index in [0.29, 0.717) is 17.1 Å². The van der Waals surface area contributed by atoms with E-state index in [-0.39, 0.29) is 5.78 Å². The quantitative estimate of drug-likeness (QED) is 0.428. The van der Waals surface area contributed by atoms with Crippen LogP contribution in [-0.4, -0.2) is 17.9 Å². The van der Waals surface area contributed by atoms with Crippen LogP contribution in [0.4, 0.5) is 0 Å². The van der Waals surface area contributed by atoms with Crippen LogP contribution < -0.4 is 9.47 Å². The monoisotopic (exact) mass is 395 g/mol. The van der Waals surface area contributed by atoms with Gasteiger partial charge in [-0.15, -0.1) is 0 Å². The summed E-state index contributed by atoms with van der Waals surface area (Å²) in [5, 5.41) is 0.973. The SMILES string of the molecule is COc1ccc2[nH]c(-c3ccccc3)c(/C=C3\Oc4cc(C)cc(C)c4C3=O)c2c1. The van der Waals surface area contributed by atoms with Crippen molar-refractivity contribution in [3.05, 3.63) is 88.7 Å². The number of methoxy groups -OCH3 is 1. The fraction of sp³-hybridized carbons (Fsp3) is 0.115. The first-order valence-electron chi connectivity index (χ1n) is 9.86. The number of allylic oxidation sites excluding steroid dienone is 1. The Hall–Kier alpha value is -3.79. The summed E-state index contributed by atoms with van der Waals surface area (Å²) in [6.45, 7) is 3.95. The van der Waals surface area contributed by atoms with Crippen LogP contribution in [0.3, 0.4) is 0 Å². The molecule has 148 valence electrons. The molecule has 0 fully saturated rings. The number of carbonyl (C=O) groups excluding carboxylic acids is 1. The summed E-state index contributed by atoms with van der Waals surface area (Å²) in [7, 11) is 1.65. The first-order chi connectivity index (χ1) is 14.5. The van der Waals surface area contributed by atoms with Gasteiger partial charge in [0.05, 0.1) is 18.4 Å². The number of rotatable bonds is 3. The van der Waals surface area contributed by atoms with E-state index in [4.69, 9.17) is 9.47 Å². The number of aromatic amines is 1. The van der Waals surface area contributed by atoms with Gasteiger partial charge in [0.2, 0.25) is 5.78 Å². The number of Topliss-reactive ketones (excluding diaryl/α,β-unsaturated/α-hetero) is 1. The number of H-pyrrole nitrogens is 1. The maximum atomic E-state index is 13.1. The lowest BCUT2D eigenvalue weighted by molar-refractivity contribution is 0.101. The molecule has 4 heteroatoms. The first-order valence-corrected chi connectivity index (χ1v) is 9.86. The Morgan fingerprint density at radius 1 is 1.00 bits per heavy atom. The minimum atomic E-state index is -0.0845. The van der Waals surface area contributed by atoms with E-state index >= 15 is 0 Å². The second kappa shape index (κ2) is 6.92. The van der Waals surface area contributed by atoms with Gasteiger partial charge in [-0.1, -0.05) is 36.4 Å². The molecule has 4 aromatic rings. The van der Waals surface area contributed by atoms with Crippen molar-refractivity contribution < 1.29 is 14.3 Å². The highest BCUT2D eigenvalue weighted by molar-refractivity contribution is 6.16. The summed E-state index contributed by atoms with van der Waals surface area (Å²) in [6.07, 6.45) is 1.84. The summed E-state index contributed by atoms with van der Waals surface area (Å²) in [4.78, 5) is 16.6. The van der Waals surface area contributed by atoms with Gasteiger partial charge in [-0.2, -0.15) is 0 Å². The van der Waals surface area contributed by atoms with Gasteiger partial charge < -0.3 is 14.5 Å². The number of nitrogens with one attached hydrogen (secondary N) is 1. The maximum absolute atomic E-state index is 13.1. The van der Waals surface area contributed by atoms with Crippen molar-refractivity contribution in [1.82, 2.24) is 4.98 Å². The lowest BCUT2D eigenvalue weighted by Gasteiger charge is -2.04. The van der Waals surface area contributed by atoms with E-state index in [1.54, 1.807) is 7.11 Å². The maximum Gasteiger partial charge on any atom is 0.232 e. The topological polar surface area (TPSA) is 51.3 Å².